The van der Waals surface area contributed by atoms with Crippen molar-refractivity contribution < 1.29 is 0 Å². The molecule has 0 saturated carbocycles. The second-order valence-corrected chi connectivity index (χ2v) is 8.05. The summed E-state index contributed by atoms with van der Waals surface area (Å²) in [6.07, 6.45) is 2.24. The van der Waals surface area contributed by atoms with E-state index in [1.165, 1.54) is 11.1 Å². The van der Waals surface area contributed by atoms with Crippen molar-refractivity contribution in [3.63, 3.8) is 0 Å². The number of likely N-dealkylation sites (tertiary alicyclic amines) is 1. The molecule has 1 aliphatic rings. The van der Waals surface area contributed by atoms with E-state index in [1.54, 1.807) is 0 Å². The molecule has 0 bridgehead atoms. The molecular formula is C23H35IN6. The molecule has 6 nitrogen and oxygen atoms in total. The largest absolute Gasteiger partial charge is 0.354 e. The number of nitrogens with one attached hydrogen (secondary N) is 2. The lowest BCUT2D eigenvalue weighted by atomic mass is 10.0. The molecule has 30 heavy (non-hydrogen) atoms. The van der Waals surface area contributed by atoms with Crippen molar-refractivity contribution >= 4 is 29.9 Å². The summed E-state index contributed by atoms with van der Waals surface area (Å²) in [5, 5.41) is 11.7. The quantitative estimate of drug-likeness (QED) is 0.262. The van der Waals surface area contributed by atoms with Gasteiger partial charge in [0.05, 0.1) is 11.4 Å². The minimum absolute atomic E-state index is 0. The number of halogens is 1. The third-order valence-corrected chi connectivity index (χ3v) is 5.32. The fourth-order valence-corrected chi connectivity index (χ4v) is 3.92. The van der Waals surface area contributed by atoms with Gasteiger partial charge < -0.3 is 10.6 Å². The fraction of sp³-hybridized carbons (Fsp3) is 0.478. The highest BCUT2D eigenvalue weighted by molar-refractivity contribution is 14.0. The summed E-state index contributed by atoms with van der Waals surface area (Å²) < 4.78 is 2.01. The molecule has 0 atom stereocenters. The molecule has 2 aromatic rings. The number of guanidine groups is 1. The summed E-state index contributed by atoms with van der Waals surface area (Å²) in [6.45, 7) is 14.1. The van der Waals surface area contributed by atoms with Crippen LogP contribution in [0.15, 0.2) is 47.5 Å². The number of piperidine rings is 1. The van der Waals surface area contributed by atoms with Crippen LogP contribution in [-0.4, -0.2) is 53.4 Å². The summed E-state index contributed by atoms with van der Waals surface area (Å²) in [5.41, 5.74) is 5.70. The first-order chi connectivity index (χ1) is 14.0. The van der Waals surface area contributed by atoms with Crippen LogP contribution in [0.25, 0.3) is 5.69 Å². The van der Waals surface area contributed by atoms with Gasteiger partial charge in [0.2, 0.25) is 0 Å². The fourth-order valence-electron chi connectivity index (χ4n) is 3.92. The van der Waals surface area contributed by atoms with Crippen LogP contribution < -0.4 is 10.6 Å². The summed E-state index contributed by atoms with van der Waals surface area (Å²) in [5.74, 6) is 0.853. The highest BCUT2D eigenvalue weighted by Crippen LogP contribution is 2.17. The molecule has 0 unspecified atom stereocenters. The molecule has 0 spiro atoms. The van der Waals surface area contributed by atoms with Crippen LogP contribution in [0.4, 0.5) is 0 Å². The number of aromatic nitrogens is 2. The summed E-state index contributed by atoms with van der Waals surface area (Å²) in [4.78, 5) is 6.91. The lowest BCUT2D eigenvalue weighted by Crippen LogP contribution is -2.48. The highest BCUT2D eigenvalue weighted by atomic mass is 127. The van der Waals surface area contributed by atoms with E-state index in [4.69, 9.17) is 0 Å². The Hall–Kier alpha value is -1.87. The summed E-state index contributed by atoms with van der Waals surface area (Å²) >= 11 is 0. The Morgan fingerprint density at radius 2 is 1.93 bits per heavy atom. The van der Waals surface area contributed by atoms with Gasteiger partial charge in [-0.2, -0.15) is 5.10 Å². The van der Waals surface area contributed by atoms with Crippen LogP contribution in [0, 0.1) is 13.8 Å². The van der Waals surface area contributed by atoms with E-state index in [9.17, 15) is 0 Å². The number of benzene rings is 1. The van der Waals surface area contributed by atoms with Crippen LogP contribution in [0.2, 0.25) is 0 Å². The van der Waals surface area contributed by atoms with Gasteiger partial charge in [-0.1, -0.05) is 30.4 Å². The number of nitrogens with zero attached hydrogens (tertiary/aromatic N) is 4. The third kappa shape index (κ3) is 6.57. The van der Waals surface area contributed by atoms with Gasteiger partial charge in [0.25, 0.3) is 0 Å². The number of aliphatic imine (C=N–C) groups is 1. The number of rotatable bonds is 6. The van der Waals surface area contributed by atoms with Crippen molar-refractivity contribution in [3.05, 3.63) is 59.4 Å². The minimum Gasteiger partial charge on any atom is -0.354 e. The van der Waals surface area contributed by atoms with Crippen LogP contribution in [-0.2, 0) is 6.54 Å². The Balaban J connectivity index is 0.00000320. The maximum Gasteiger partial charge on any atom is 0.191 e. The molecule has 1 aromatic heterocycles. The SMILES string of the molecule is C=C(C)CN1CCC(NC(=NC)NCc2ccccc2-n2nc(C)cc2C)CC1.I. The van der Waals surface area contributed by atoms with E-state index in [0.29, 0.717) is 12.6 Å². The van der Waals surface area contributed by atoms with Gasteiger partial charge in [-0.15, -0.1) is 24.0 Å². The lowest BCUT2D eigenvalue weighted by molar-refractivity contribution is 0.221. The van der Waals surface area contributed by atoms with Crippen LogP contribution in [0.5, 0.6) is 0 Å². The second-order valence-electron chi connectivity index (χ2n) is 8.05. The Bertz CT molecular complexity index is 864. The molecule has 0 amide bonds. The zero-order chi connectivity index (χ0) is 20.8. The van der Waals surface area contributed by atoms with E-state index in [0.717, 1.165) is 55.5 Å². The molecule has 0 radical (unpaired) electrons. The van der Waals surface area contributed by atoms with Gasteiger partial charge in [-0.05, 0) is 51.3 Å². The maximum absolute atomic E-state index is 4.64. The van der Waals surface area contributed by atoms with Crippen LogP contribution in [0.1, 0.15) is 36.7 Å². The minimum atomic E-state index is 0. The van der Waals surface area contributed by atoms with Crippen molar-refractivity contribution in [3.8, 4) is 5.69 Å². The van der Waals surface area contributed by atoms with Crippen molar-refractivity contribution in [1.29, 1.82) is 0 Å². The van der Waals surface area contributed by atoms with Crippen LogP contribution >= 0.6 is 24.0 Å². The molecule has 1 saturated heterocycles. The van der Waals surface area contributed by atoms with E-state index >= 15 is 0 Å². The third-order valence-electron chi connectivity index (χ3n) is 5.32. The standard InChI is InChI=1S/C23H34N6.HI/c1-17(2)16-28-12-10-21(11-13-28)26-23(24-5)25-15-20-8-6-7-9-22(20)29-19(4)14-18(3)27-29;/h6-9,14,21H,1,10-13,15-16H2,2-5H3,(H2,24,25,26);1H. The topological polar surface area (TPSA) is 57.5 Å². The van der Waals surface area contributed by atoms with E-state index < -0.39 is 0 Å². The zero-order valence-corrected chi connectivity index (χ0v) is 20.9. The van der Waals surface area contributed by atoms with Crippen molar-refractivity contribution in [2.75, 3.05) is 26.7 Å². The Kier molecular flexibility index (Phi) is 9.36. The van der Waals surface area contributed by atoms with E-state index in [2.05, 4.69) is 76.4 Å². The van der Waals surface area contributed by atoms with Crippen molar-refractivity contribution in [2.24, 2.45) is 4.99 Å². The summed E-state index contributed by atoms with van der Waals surface area (Å²) in [6, 6.07) is 10.9. The maximum atomic E-state index is 4.64. The number of para-hydroxylation sites is 1. The molecule has 1 aromatic carbocycles. The van der Waals surface area contributed by atoms with Crippen molar-refractivity contribution in [2.45, 2.75) is 46.2 Å². The normalized spacial score (nSPS) is 15.5. The number of hydrogen-bond donors (Lipinski definition) is 2. The molecule has 164 valence electrons. The molecule has 3 rings (SSSR count). The zero-order valence-electron chi connectivity index (χ0n) is 18.6. The van der Waals surface area contributed by atoms with Gasteiger partial charge in [0, 0.05) is 45.0 Å². The van der Waals surface area contributed by atoms with Gasteiger partial charge >= 0.3 is 0 Å². The Morgan fingerprint density at radius 3 is 2.53 bits per heavy atom. The Morgan fingerprint density at radius 1 is 1.23 bits per heavy atom. The average molecular weight is 522 g/mol. The molecule has 2 N–H and O–H groups in total. The first-order valence-electron chi connectivity index (χ1n) is 10.4. The van der Waals surface area contributed by atoms with E-state index in [1.807, 2.05) is 18.7 Å². The van der Waals surface area contributed by atoms with Gasteiger partial charge in [0.1, 0.15) is 0 Å². The first kappa shape index (κ1) is 24.4. The van der Waals surface area contributed by atoms with Gasteiger partial charge in [-0.25, -0.2) is 4.68 Å². The molecule has 1 aliphatic heterocycles. The monoisotopic (exact) mass is 522 g/mol. The number of hydrogen-bond acceptors (Lipinski definition) is 3. The molecular weight excluding hydrogens is 487 g/mol. The Labute approximate surface area is 197 Å². The lowest BCUT2D eigenvalue weighted by Gasteiger charge is -2.33. The smallest absolute Gasteiger partial charge is 0.191 e. The average Bonchev–Trinajstić information content (AvgIpc) is 3.04. The highest BCUT2D eigenvalue weighted by Gasteiger charge is 2.20. The molecule has 1 fully saturated rings. The molecule has 7 heteroatoms. The summed E-state index contributed by atoms with van der Waals surface area (Å²) in [7, 11) is 1.83. The predicted octanol–water partition coefficient (Wildman–Crippen LogP) is 3.81. The van der Waals surface area contributed by atoms with Gasteiger partial charge in [0.15, 0.2) is 5.96 Å². The van der Waals surface area contributed by atoms with Gasteiger partial charge in [-0.3, -0.25) is 9.89 Å². The van der Waals surface area contributed by atoms with E-state index in [-0.39, 0.29) is 24.0 Å². The molecule has 0 aliphatic carbocycles. The molecule has 2 heterocycles. The predicted molar refractivity (Wildman–Crippen MR) is 136 cm³/mol. The second kappa shape index (κ2) is 11.5. The van der Waals surface area contributed by atoms with Crippen LogP contribution in [0.3, 0.4) is 0 Å². The van der Waals surface area contributed by atoms with Crippen molar-refractivity contribution in [1.82, 2.24) is 25.3 Å². The first-order valence-corrected chi connectivity index (χ1v) is 10.4. The number of aryl methyl sites for hydroxylation is 2.